The lowest BCUT2D eigenvalue weighted by Gasteiger charge is -2.18. The molecule has 0 bridgehead atoms. The Morgan fingerprint density at radius 2 is 1.81 bits per heavy atom. The van der Waals surface area contributed by atoms with Crippen molar-refractivity contribution < 1.29 is 14.4 Å². The van der Waals surface area contributed by atoms with Crippen LogP contribution in [0.2, 0.25) is 0 Å². The van der Waals surface area contributed by atoms with Crippen LogP contribution in [-0.4, -0.2) is 36.2 Å². The number of nitrogens with one attached hydrogen (secondary N) is 2. The predicted molar refractivity (Wildman–Crippen MR) is 105 cm³/mol. The van der Waals surface area contributed by atoms with Crippen LogP contribution in [0, 0.1) is 6.92 Å². The Hall–Kier alpha value is -2.67. The van der Waals surface area contributed by atoms with Gasteiger partial charge in [0.05, 0.1) is 6.54 Å². The fourth-order valence-electron chi connectivity index (χ4n) is 2.40. The number of rotatable bonds is 5. The maximum Gasteiger partial charge on any atom is 0.254 e. The van der Waals surface area contributed by atoms with Crippen LogP contribution in [0.1, 0.15) is 22.8 Å². The Kier molecular flexibility index (Phi) is 6.52. The number of likely N-dealkylation sites (N-methyl/N-ethyl adjacent to an activating group) is 1. The molecule has 0 unspecified atom stereocenters. The molecule has 0 heterocycles. The van der Waals surface area contributed by atoms with E-state index >= 15 is 0 Å². The number of carbonyl (C=O) groups excluding carboxylic acids is 3. The molecular weight excluding hydrogens is 398 g/mol. The zero-order valence-corrected chi connectivity index (χ0v) is 16.4. The van der Waals surface area contributed by atoms with E-state index in [2.05, 4.69) is 26.6 Å². The molecule has 0 aliphatic heterocycles. The second-order valence-corrected chi connectivity index (χ2v) is 6.85. The summed E-state index contributed by atoms with van der Waals surface area (Å²) in [7, 11) is 1.56. The summed E-state index contributed by atoms with van der Waals surface area (Å²) >= 11 is 3.38. The average molecular weight is 418 g/mol. The van der Waals surface area contributed by atoms with Gasteiger partial charge in [-0.3, -0.25) is 14.4 Å². The van der Waals surface area contributed by atoms with E-state index in [-0.39, 0.29) is 24.3 Å². The van der Waals surface area contributed by atoms with Crippen molar-refractivity contribution in [1.82, 2.24) is 4.90 Å². The quantitative estimate of drug-likeness (QED) is 0.781. The SMILES string of the molecule is CC(=O)Nc1cccc(C(=O)N(C)CC(=O)Nc2ccc(Br)cc2C)c1. The smallest absolute Gasteiger partial charge is 0.254 e. The van der Waals surface area contributed by atoms with Gasteiger partial charge in [-0.25, -0.2) is 0 Å². The van der Waals surface area contributed by atoms with Crippen molar-refractivity contribution in [1.29, 1.82) is 0 Å². The van der Waals surface area contributed by atoms with Crippen LogP contribution in [0.25, 0.3) is 0 Å². The second-order valence-electron chi connectivity index (χ2n) is 5.93. The zero-order chi connectivity index (χ0) is 19.3. The molecule has 26 heavy (non-hydrogen) atoms. The van der Waals surface area contributed by atoms with Crippen molar-refractivity contribution in [2.75, 3.05) is 24.2 Å². The summed E-state index contributed by atoms with van der Waals surface area (Å²) in [6.45, 7) is 3.20. The Morgan fingerprint density at radius 3 is 2.46 bits per heavy atom. The van der Waals surface area contributed by atoms with Crippen LogP contribution in [0.5, 0.6) is 0 Å². The van der Waals surface area contributed by atoms with Gasteiger partial charge in [0, 0.05) is 35.4 Å². The van der Waals surface area contributed by atoms with E-state index in [1.54, 1.807) is 37.4 Å². The molecule has 0 fully saturated rings. The van der Waals surface area contributed by atoms with Crippen LogP contribution in [0.15, 0.2) is 46.9 Å². The first-order valence-corrected chi connectivity index (χ1v) is 8.74. The number of carbonyl (C=O) groups is 3. The molecule has 0 aliphatic rings. The molecule has 7 heteroatoms. The zero-order valence-electron chi connectivity index (χ0n) is 14.8. The predicted octanol–water partition coefficient (Wildman–Crippen LogP) is 3.43. The number of nitrogens with zero attached hydrogens (tertiary/aromatic N) is 1. The number of aryl methyl sites for hydroxylation is 1. The fourth-order valence-corrected chi connectivity index (χ4v) is 2.87. The summed E-state index contributed by atoms with van der Waals surface area (Å²) in [6, 6.07) is 12.1. The molecule has 0 aromatic heterocycles. The van der Waals surface area contributed by atoms with Crippen molar-refractivity contribution in [3.63, 3.8) is 0 Å². The lowest BCUT2D eigenvalue weighted by molar-refractivity contribution is -0.116. The minimum absolute atomic E-state index is 0.0846. The van der Waals surface area contributed by atoms with Gasteiger partial charge in [0.1, 0.15) is 0 Å². The first kappa shape index (κ1) is 19.7. The molecule has 2 rings (SSSR count). The van der Waals surface area contributed by atoms with Gasteiger partial charge in [-0.2, -0.15) is 0 Å². The van der Waals surface area contributed by atoms with Crippen molar-refractivity contribution in [3.05, 3.63) is 58.1 Å². The maximum atomic E-state index is 12.5. The first-order chi connectivity index (χ1) is 12.3. The van der Waals surface area contributed by atoms with Crippen molar-refractivity contribution in [2.45, 2.75) is 13.8 Å². The van der Waals surface area contributed by atoms with Crippen LogP contribution < -0.4 is 10.6 Å². The first-order valence-electron chi connectivity index (χ1n) is 7.95. The number of anilines is 2. The minimum Gasteiger partial charge on any atom is -0.332 e. The molecule has 0 saturated heterocycles. The highest BCUT2D eigenvalue weighted by molar-refractivity contribution is 9.10. The number of halogens is 1. The summed E-state index contributed by atoms with van der Waals surface area (Å²) < 4.78 is 0.930. The largest absolute Gasteiger partial charge is 0.332 e. The van der Waals surface area contributed by atoms with Gasteiger partial charge >= 0.3 is 0 Å². The highest BCUT2D eigenvalue weighted by Gasteiger charge is 2.16. The van der Waals surface area contributed by atoms with Crippen molar-refractivity contribution in [2.24, 2.45) is 0 Å². The lowest BCUT2D eigenvalue weighted by Crippen LogP contribution is -2.35. The Morgan fingerprint density at radius 1 is 1.08 bits per heavy atom. The molecule has 0 saturated carbocycles. The molecule has 2 N–H and O–H groups in total. The maximum absolute atomic E-state index is 12.5. The van der Waals surface area contributed by atoms with Crippen molar-refractivity contribution in [3.8, 4) is 0 Å². The topological polar surface area (TPSA) is 78.5 Å². The van der Waals surface area contributed by atoms with Crippen LogP contribution >= 0.6 is 15.9 Å². The molecule has 0 atom stereocenters. The van der Waals surface area contributed by atoms with Crippen LogP contribution in [0.3, 0.4) is 0 Å². The lowest BCUT2D eigenvalue weighted by atomic mass is 10.1. The minimum atomic E-state index is -0.306. The van der Waals surface area contributed by atoms with Gasteiger partial charge in [-0.05, 0) is 48.9 Å². The van der Waals surface area contributed by atoms with Gasteiger partial charge in [0.2, 0.25) is 11.8 Å². The fraction of sp³-hybridized carbons (Fsp3) is 0.211. The Balaban J connectivity index is 2.02. The Labute approximate surface area is 160 Å². The molecular formula is C19H20BrN3O3. The average Bonchev–Trinajstić information content (AvgIpc) is 2.56. The molecule has 0 spiro atoms. The van der Waals surface area contributed by atoms with Gasteiger partial charge in [-0.1, -0.05) is 22.0 Å². The normalized spacial score (nSPS) is 10.2. The van der Waals surface area contributed by atoms with E-state index in [9.17, 15) is 14.4 Å². The van der Waals surface area contributed by atoms with E-state index in [1.165, 1.54) is 11.8 Å². The van der Waals surface area contributed by atoms with Gasteiger partial charge in [-0.15, -0.1) is 0 Å². The summed E-state index contributed by atoms with van der Waals surface area (Å²) in [5.41, 5.74) is 2.55. The highest BCUT2D eigenvalue weighted by Crippen LogP contribution is 2.20. The van der Waals surface area contributed by atoms with Crippen molar-refractivity contribution >= 4 is 45.0 Å². The number of benzene rings is 2. The Bertz CT molecular complexity index is 852. The highest BCUT2D eigenvalue weighted by atomic mass is 79.9. The number of amides is 3. The van der Waals surface area contributed by atoms with E-state index < -0.39 is 0 Å². The third-order valence-electron chi connectivity index (χ3n) is 3.62. The molecule has 2 aromatic rings. The van der Waals surface area contributed by atoms with E-state index in [4.69, 9.17) is 0 Å². The van der Waals surface area contributed by atoms with Crippen LogP contribution in [0.4, 0.5) is 11.4 Å². The van der Waals surface area contributed by atoms with Crippen LogP contribution in [-0.2, 0) is 9.59 Å². The summed E-state index contributed by atoms with van der Waals surface area (Å²) in [6.07, 6.45) is 0. The van der Waals surface area contributed by atoms with E-state index in [0.29, 0.717) is 16.9 Å². The summed E-state index contributed by atoms with van der Waals surface area (Å²) in [4.78, 5) is 37.2. The van der Waals surface area contributed by atoms with Gasteiger partial charge < -0.3 is 15.5 Å². The summed E-state index contributed by atoms with van der Waals surface area (Å²) in [5, 5.41) is 5.43. The van der Waals surface area contributed by atoms with Gasteiger partial charge in [0.25, 0.3) is 5.91 Å². The molecule has 3 amide bonds. The number of hydrogen-bond donors (Lipinski definition) is 2. The summed E-state index contributed by atoms with van der Waals surface area (Å²) in [5.74, 6) is -0.809. The molecule has 2 aromatic carbocycles. The third-order valence-corrected chi connectivity index (χ3v) is 4.11. The second kappa shape index (κ2) is 8.62. The molecule has 6 nitrogen and oxygen atoms in total. The molecule has 0 radical (unpaired) electrons. The van der Waals surface area contributed by atoms with E-state index in [1.807, 2.05) is 19.1 Å². The third kappa shape index (κ3) is 5.42. The standard InChI is InChI=1S/C19H20BrN3O3/c1-12-9-15(20)7-8-17(12)22-18(25)11-23(3)19(26)14-5-4-6-16(10-14)21-13(2)24/h4-10H,11H2,1-3H3,(H,21,24)(H,22,25). The molecule has 136 valence electrons. The van der Waals surface area contributed by atoms with Gasteiger partial charge in [0.15, 0.2) is 0 Å². The number of hydrogen-bond acceptors (Lipinski definition) is 3. The molecule has 0 aliphatic carbocycles. The monoisotopic (exact) mass is 417 g/mol. The van der Waals surface area contributed by atoms with E-state index in [0.717, 1.165) is 10.0 Å².